The second-order valence-electron chi connectivity index (χ2n) is 13.8. The van der Waals surface area contributed by atoms with Crippen LogP contribution in [-0.2, 0) is 16.2 Å². The number of hydrogen-bond donors (Lipinski definition) is 3. The Morgan fingerprint density at radius 2 is 1.00 bits per heavy atom. The largest absolute Gasteiger partial charge is 0.278 e. The van der Waals surface area contributed by atoms with Crippen LogP contribution in [0.25, 0.3) is 32.7 Å². The summed E-state index contributed by atoms with van der Waals surface area (Å²) in [6.07, 6.45) is 5.55. The summed E-state index contributed by atoms with van der Waals surface area (Å²) >= 11 is 6.14. The molecule has 6 rings (SSSR count). The van der Waals surface area contributed by atoms with Gasteiger partial charge in [-0.25, -0.2) is 0 Å². The highest BCUT2D eigenvalue weighted by molar-refractivity contribution is 6.35. The minimum atomic E-state index is 0.120. The summed E-state index contributed by atoms with van der Waals surface area (Å²) in [5.41, 5.74) is 8.92. The topological polar surface area (TPSA) is 86.0 Å². The monoisotopic (exact) mass is 570 g/mol. The van der Waals surface area contributed by atoms with E-state index in [-0.39, 0.29) is 16.2 Å². The summed E-state index contributed by atoms with van der Waals surface area (Å²) in [4.78, 5) is 0. The summed E-state index contributed by atoms with van der Waals surface area (Å²) in [5, 5.41) is 25.1. The van der Waals surface area contributed by atoms with Gasteiger partial charge in [0.15, 0.2) is 0 Å². The Labute approximate surface area is 248 Å². The van der Waals surface area contributed by atoms with Crippen molar-refractivity contribution >= 4 is 44.3 Å². The van der Waals surface area contributed by atoms with Gasteiger partial charge < -0.3 is 0 Å². The van der Waals surface area contributed by atoms with Crippen LogP contribution in [-0.4, -0.2) is 30.6 Å². The van der Waals surface area contributed by atoms with E-state index in [4.69, 9.17) is 11.6 Å². The van der Waals surface area contributed by atoms with E-state index < -0.39 is 0 Å². The van der Waals surface area contributed by atoms with Crippen molar-refractivity contribution < 1.29 is 0 Å². The molecule has 0 atom stereocenters. The molecule has 0 bridgehead atoms. The average Bonchev–Trinajstić information content (AvgIpc) is 3.63. The predicted octanol–water partition coefficient (Wildman–Crippen LogP) is 9.54. The Morgan fingerprint density at radius 1 is 0.537 bits per heavy atom. The molecule has 6 aromatic rings. The van der Waals surface area contributed by atoms with Crippen molar-refractivity contribution in [1.82, 2.24) is 30.6 Å². The highest BCUT2D eigenvalue weighted by atomic mass is 35.5. The number of nitrogens with one attached hydrogen (secondary N) is 3. The molecule has 0 aliphatic rings. The van der Waals surface area contributed by atoms with Crippen molar-refractivity contribution in [2.24, 2.45) is 0 Å². The van der Waals surface area contributed by atoms with E-state index in [1.807, 2.05) is 18.5 Å². The van der Waals surface area contributed by atoms with E-state index in [1.54, 1.807) is 6.20 Å². The van der Waals surface area contributed by atoms with E-state index in [9.17, 15) is 0 Å². The second-order valence-corrected chi connectivity index (χ2v) is 14.2. The number of H-pyrrole nitrogens is 3. The number of halogens is 1. The van der Waals surface area contributed by atoms with Crippen molar-refractivity contribution in [3.05, 3.63) is 88.3 Å². The van der Waals surface area contributed by atoms with Crippen molar-refractivity contribution in [2.45, 2.75) is 85.5 Å². The first-order valence-electron chi connectivity index (χ1n) is 14.0. The number of aromatic nitrogens is 6. The quantitative estimate of drug-likeness (QED) is 0.170. The zero-order valence-corrected chi connectivity index (χ0v) is 26.7. The lowest BCUT2D eigenvalue weighted by Gasteiger charge is -2.19. The van der Waals surface area contributed by atoms with Crippen molar-refractivity contribution in [1.29, 1.82) is 0 Å². The van der Waals surface area contributed by atoms with E-state index in [1.165, 1.54) is 33.0 Å². The maximum Gasteiger partial charge on any atom is 0.0836 e. The van der Waals surface area contributed by atoms with Gasteiger partial charge in [-0.3, -0.25) is 15.3 Å². The molecule has 3 N–H and O–H groups in total. The normalized spacial score (nSPS) is 12.3. The van der Waals surface area contributed by atoms with Crippen LogP contribution in [0.2, 0.25) is 5.02 Å². The van der Waals surface area contributed by atoms with E-state index >= 15 is 0 Å². The van der Waals surface area contributed by atoms with Gasteiger partial charge in [-0.15, -0.1) is 0 Å². The van der Waals surface area contributed by atoms with Gasteiger partial charge in [-0.2, -0.15) is 15.3 Å². The molecule has 0 radical (unpaired) electrons. The Morgan fingerprint density at radius 3 is 1.59 bits per heavy atom. The molecule has 0 spiro atoms. The fourth-order valence-electron chi connectivity index (χ4n) is 4.52. The SMILES string of the molecule is CC(C)(C)c1cc(Cl)c2[nH]ncc2c1.CC(C)(C)c1ccc2[nH]ncc2c1.Cc1cc(C(C)(C)C)cc2cn[nH]c12. The molecule has 0 aliphatic heterocycles. The molecule has 6 nitrogen and oxygen atoms in total. The number of nitrogens with zero attached hydrogens (tertiary/aromatic N) is 3. The van der Waals surface area contributed by atoms with Gasteiger partial charge in [-0.1, -0.05) is 86.0 Å². The van der Waals surface area contributed by atoms with Crippen LogP contribution in [0.1, 0.15) is 84.6 Å². The van der Waals surface area contributed by atoms with Crippen molar-refractivity contribution in [3.63, 3.8) is 0 Å². The molecule has 0 fully saturated rings. The minimum absolute atomic E-state index is 0.120. The number of aromatic amines is 3. The minimum Gasteiger partial charge on any atom is -0.278 e. The number of hydrogen-bond acceptors (Lipinski definition) is 3. The van der Waals surface area contributed by atoms with Gasteiger partial charge in [0.2, 0.25) is 0 Å². The maximum absolute atomic E-state index is 6.14. The Kier molecular flexibility index (Phi) is 8.38. The molecule has 216 valence electrons. The van der Waals surface area contributed by atoms with Crippen LogP contribution >= 0.6 is 11.6 Å². The van der Waals surface area contributed by atoms with Gasteiger partial charge in [-0.05, 0) is 75.8 Å². The summed E-state index contributed by atoms with van der Waals surface area (Å²) in [6.45, 7) is 22.0. The first-order chi connectivity index (χ1) is 19.0. The molecule has 7 heteroatoms. The molecule has 41 heavy (non-hydrogen) atoms. The second kappa shape index (κ2) is 11.3. The zero-order chi connectivity index (χ0) is 30.2. The standard InChI is InChI=1S/C12H16N2.C11H13ClN2.C11H14N2/c1-8-5-10(12(2,3)4)6-9-7-13-14-11(8)9;1-11(2,3)8-4-7-6-13-14-10(7)9(12)5-8;1-11(2,3)9-4-5-10-8(6-9)7-12-13-10/h5-7H,1-4H3,(H,13,14);4-6H,1-3H3,(H,13,14);4-7H,1-3H3,(H,12,13). The van der Waals surface area contributed by atoms with Crippen molar-refractivity contribution in [3.8, 4) is 0 Å². The van der Waals surface area contributed by atoms with E-state index in [0.717, 1.165) is 27.0 Å². The molecule has 3 heterocycles. The fourth-order valence-corrected chi connectivity index (χ4v) is 4.79. The average molecular weight is 571 g/mol. The number of aryl methyl sites for hydroxylation is 1. The molecule has 0 aliphatic carbocycles. The molecule has 0 unspecified atom stereocenters. The third-order valence-electron chi connectivity index (χ3n) is 7.29. The van der Waals surface area contributed by atoms with Crippen LogP contribution in [0.15, 0.2) is 61.1 Å². The molecule has 0 saturated heterocycles. The fraction of sp³-hybridized carbons (Fsp3) is 0.382. The molecule has 0 saturated carbocycles. The van der Waals surface area contributed by atoms with Crippen LogP contribution in [0.4, 0.5) is 0 Å². The summed E-state index contributed by atoms with van der Waals surface area (Å²) < 4.78 is 0. The Bertz CT molecular complexity index is 1680. The lowest BCUT2D eigenvalue weighted by Crippen LogP contribution is -2.11. The van der Waals surface area contributed by atoms with E-state index in [0.29, 0.717) is 0 Å². The summed E-state index contributed by atoms with van der Waals surface area (Å²) in [7, 11) is 0. The van der Waals surface area contributed by atoms with E-state index in [2.05, 4.69) is 136 Å². The Hall–Kier alpha value is -3.64. The summed E-state index contributed by atoms with van der Waals surface area (Å²) in [5.74, 6) is 0. The van der Waals surface area contributed by atoms with Gasteiger partial charge in [0.25, 0.3) is 0 Å². The van der Waals surface area contributed by atoms with Crippen LogP contribution in [0, 0.1) is 6.92 Å². The van der Waals surface area contributed by atoms with Gasteiger partial charge in [0.1, 0.15) is 0 Å². The zero-order valence-electron chi connectivity index (χ0n) is 26.0. The first-order valence-corrected chi connectivity index (χ1v) is 14.4. The van der Waals surface area contributed by atoms with Gasteiger partial charge in [0, 0.05) is 16.2 Å². The summed E-state index contributed by atoms with van der Waals surface area (Å²) in [6, 6.07) is 15.0. The Balaban J connectivity index is 0.000000142. The lowest BCUT2D eigenvalue weighted by atomic mass is 9.85. The molecule has 3 aromatic heterocycles. The highest BCUT2D eigenvalue weighted by Crippen LogP contribution is 2.30. The van der Waals surface area contributed by atoms with Gasteiger partial charge in [0.05, 0.1) is 40.2 Å². The van der Waals surface area contributed by atoms with Crippen LogP contribution < -0.4 is 0 Å². The molecular weight excluding hydrogens is 528 g/mol. The smallest absolute Gasteiger partial charge is 0.0836 e. The predicted molar refractivity (Wildman–Crippen MR) is 174 cm³/mol. The van der Waals surface area contributed by atoms with Crippen LogP contribution in [0.5, 0.6) is 0 Å². The number of fused-ring (bicyclic) bond motifs is 3. The molecule has 3 aromatic carbocycles. The number of benzene rings is 3. The lowest BCUT2D eigenvalue weighted by molar-refractivity contribution is 0.590. The molecular formula is C34H43ClN6. The molecule has 0 amide bonds. The van der Waals surface area contributed by atoms with Gasteiger partial charge >= 0.3 is 0 Å². The van der Waals surface area contributed by atoms with Crippen molar-refractivity contribution in [2.75, 3.05) is 0 Å². The third kappa shape index (κ3) is 7.17. The third-order valence-corrected chi connectivity index (χ3v) is 7.58. The van der Waals surface area contributed by atoms with Crippen LogP contribution in [0.3, 0.4) is 0 Å². The maximum atomic E-state index is 6.14. The first kappa shape index (κ1) is 30.3. The highest BCUT2D eigenvalue weighted by Gasteiger charge is 2.17. The number of rotatable bonds is 0.